The fourth-order valence-corrected chi connectivity index (χ4v) is 2.38. The van der Waals surface area contributed by atoms with Crippen molar-refractivity contribution in [1.82, 2.24) is 4.98 Å². The van der Waals surface area contributed by atoms with Crippen LogP contribution < -0.4 is 11.1 Å². The molecule has 0 fully saturated rings. The average molecular weight is 312 g/mol. The maximum absolute atomic E-state index is 11.8. The number of carbonyl (C=O) groups excluding carboxylic acids is 1. The quantitative estimate of drug-likeness (QED) is 0.915. The summed E-state index contributed by atoms with van der Waals surface area (Å²) in [5.74, 6) is -0.171. The van der Waals surface area contributed by atoms with Gasteiger partial charge >= 0.3 is 0 Å². The van der Waals surface area contributed by atoms with Crippen LogP contribution in [0.5, 0.6) is 0 Å². The zero-order valence-electron chi connectivity index (χ0n) is 8.81. The second-order valence-corrected chi connectivity index (χ2v) is 5.73. The molecule has 1 amide bonds. The molecular weight excluding hydrogens is 302 g/mol. The predicted molar refractivity (Wildman–Crippen MR) is 72.1 cm³/mol. The average Bonchev–Trinajstić information content (AvgIpc) is 2.75. The number of benzene rings is 1. The predicted octanol–water partition coefficient (Wildman–Crippen LogP) is 2.62. The number of nitrogens with zero attached hydrogens (tertiary/aromatic N) is 1. The SMILES string of the molecule is NCc1ccc(C(=O)Nc2ncc(Br)s2)cc1. The Bertz CT molecular complexity index is 524. The molecule has 0 radical (unpaired) electrons. The van der Waals surface area contributed by atoms with Gasteiger partial charge in [0.2, 0.25) is 0 Å². The molecule has 0 unspecified atom stereocenters. The number of halogens is 1. The molecule has 2 rings (SSSR count). The van der Waals surface area contributed by atoms with E-state index in [9.17, 15) is 4.79 Å². The monoisotopic (exact) mass is 311 g/mol. The summed E-state index contributed by atoms with van der Waals surface area (Å²) in [6.07, 6.45) is 1.65. The van der Waals surface area contributed by atoms with E-state index >= 15 is 0 Å². The van der Waals surface area contributed by atoms with Gasteiger partial charge in [0.1, 0.15) is 0 Å². The van der Waals surface area contributed by atoms with Gasteiger partial charge < -0.3 is 5.73 Å². The summed E-state index contributed by atoms with van der Waals surface area (Å²) in [5, 5.41) is 3.30. The second-order valence-electron chi connectivity index (χ2n) is 3.32. The van der Waals surface area contributed by atoms with Gasteiger partial charge in [-0.15, -0.1) is 0 Å². The molecule has 0 aliphatic heterocycles. The van der Waals surface area contributed by atoms with Crippen LogP contribution in [-0.2, 0) is 6.54 Å². The van der Waals surface area contributed by atoms with Crippen molar-refractivity contribution in [3.8, 4) is 0 Å². The number of carbonyl (C=O) groups is 1. The molecule has 2 aromatic rings. The van der Waals surface area contributed by atoms with Gasteiger partial charge in [0.15, 0.2) is 5.13 Å². The van der Waals surface area contributed by atoms with Crippen molar-refractivity contribution in [3.63, 3.8) is 0 Å². The standard InChI is InChI=1S/C11H10BrN3OS/c12-9-6-14-11(17-9)15-10(16)8-3-1-7(5-13)2-4-8/h1-4,6H,5,13H2,(H,14,15,16). The third kappa shape index (κ3) is 3.12. The molecule has 0 spiro atoms. The Morgan fingerprint density at radius 2 is 2.12 bits per heavy atom. The Hall–Kier alpha value is -1.24. The van der Waals surface area contributed by atoms with E-state index in [0.29, 0.717) is 17.2 Å². The summed E-state index contributed by atoms with van der Waals surface area (Å²) in [6.45, 7) is 0.474. The smallest absolute Gasteiger partial charge is 0.257 e. The highest BCUT2D eigenvalue weighted by Gasteiger charge is 2.08. The minimum Gasteiger partial charge on any atom is -0.326 e. The Labute approximate surface area is 111 Å². The van der Waals surface area contributed by atoms with E-state index < -0.39 is 0 Å². The van der Waals surface area contributed by atoms with Crippen LogP contribution in [0.4, 0.5) is 5.13 Å². The lowest BCUT2D eigenvalue weighted by atomic mass is 10.1. The number of rotatable bonds is 3. The summed E-state index contributed by atoms with van der Waals surface area (Å²) in [5.41, 5.74) is 7.08. The molecule has 1 aromatic carbocycles. The summed E-state index contributed by atoms with van der Waals surface area (Å²) in [7, 11) is 0. The van der Waals surface area contributed by atoms with Crippen LogP contribution in [0.3, 0.4) is 0 Å². The third-order valence-electron chi connectivity index (χ3n) is 2.15. The van der Waals surface area contributed by atoms with E-state index in [1.807, 2.05) is 12.1 Å². The van der Waals surface area contributed by atoms with E-state index in [1.165, 1.54) is 11.3 Å². The normalized spacial score (nSPS) is 10.2. The van der Waals surface area contributed by atoms with Crippen LogP contribution in [0.2, 0.25) is 0 Å². The fourth-order valence-electron chi connectivity index (χ4n) is 1.27. The number of amides is 1. The van der Waals surface area contributed by atoms with Crippen LogP contribution in [-0.4, -0.2) is 10.9 Å². The number of aromatic nitrogens is 1. The van der Waals surface area contributed by atoms with E-state index in [-0.39, 0.29) is 5.91 Å². The number of nitrogens with two attached hydrogens (primary N) is 1. The molecule has 1 heterocycles. The third-order valence-corrected chi connectivity index (χ3v) is 3.54. The summed E-state index contributed by atoms with van der Waals surface area (Å²) in [4.78, 5) is 15.9. The molecule has 0 aliphatic rings. The van der Waals surface area contributed by atoms with Crippen LogP contribution in [0.1, 0.15) is 15.9 Å². The first kappa shape index (κ1) is 12.2. The Morgan fingerprint density at radius 3 is 2.65 bits per heavy atom. The van der Waals surface area contributed by atoms with Gasteiger partial charge in [-0.25, -0.2) is 4.98 Å². The number of thiazole rings is 1. The van der Waals surface area contributed by atoms with Crippen molar-refractivity contribution in [1.29, 1.82) is 0 Å². The van der Waals surface area contributed by atoms with Crippen LogP contribution in [0.15, 0.2) is 34.2 Å². The molecular formula is C11H10BrN3OS. The van der Waals surface area contributed by atoms with Crippen molar-refractivity contribution >= 4 is 38.3 Å². The number of nitrogens with one attached hydrogen (secondary N) is 1. The highest BCUT2D eigenvalue weighted by molar-refractivity contribution is 9.11. The lowest BCUT2D eigenvalue weighted by Gasteiger charge is -2.02. The fraction of sp³-hybridized carbons (Fsp3) is 0.0909. The van der Waals surface area contributed by atoms with Gasteiger partial charge in [0.05, 0.1) is 9.98 Å². The molecule has 0 atom stereocenters. The number of anilines is 1. The topological polar surface area (TPSA) is 68.0 Å². The Balaban J connectivity index is 2.09. The van der Waals surface area contributed by atoms with Crippen LogP contribution in [0, 0.1) is 0 Å². The van der Waals surface area contributed by atoms with Gasteiger partial charge in [-0.2, -0.15) is 0 Å². The highest BCUT2D eigenvalue weighted by atomic mass is 79.9. The number of hydrogen-bond donors (Lipinski definition) is 2. The molecule has 1 aromatic heterocycles. The van der Waals surface area contributed by atoms with Crippen molar-refractivity contribution < 1.29 is 4.79 Å². The van der Waals surface area contributed by atoms with Gasteiger partial charge in [-0.05, 0) is 33.6 Å². The van der Waals surface area contributed by atoms with E-state index in [2.05, 4.69) is 26.2 Å². The van der Waals surface area contributed by atoms with E-state index in [0.717, 1.165) is 9.35 Å². The molecule has 3 N–H and O–H groups in total. The first-order valence-corrected chi connectivity index (χ1v) is 6.51. The minimum absolute atomic E-state index is 0.171. The minimum atomic E-state index is -0.171. The first-order chi connectivity index (χ1) is 8.19. The van der Waals surface area contributed by atoms with Gasteiger partial charge in [-0.1, -0.05) is 23.5 Å². The van der Waals surface area contributed by atoms with Crippen molar-refractivity contribution in [3.05, 3.63) is 45.4 Å². The molecule has 0 saturated heterocycles. The maximum Gasteiger partial charge on any atom is 0.257 e. The number of hydrogen-bond acceptors (Lipinski definition) is 4. The zero-order valence-corrected chi connectivity index (χ0v) is 11.2. The summed E-state index contributed by atoms with van der Waals surface area (Å²) in [6, 6.07) is 7.18. The molecule has 6 heteroatoms. The zero-order chi connectivity index (χ0) is 12.3. The van der Waals surface area contributed by atoms with Crippen molar-refractivity contribution in [2.45, 2.75) is 6.54 Å². The lowest BCUT2D eigenvalue weighted by Crippen LogP contribution is -2.11. The Kier molecular flexibility index (Phi) is 3.88. The lowest BCUT2D eigenvalue weighted by molar-refractivity contribution is 0.102. The van der Waals surface area contributed by atoms with Crippen molar-refractivity contribution in [2.75, 3.05) is 5.32 Å². The first-order valence-electron chi connectivity index (χ1n) is 4.91. The largest absolute Gasteiger partial charge is 0.326 e. The van der Waals surface area contributed by atoms with E-state index in [4.69, 9.17) is 5.73 Å². The van der Waals surface area contributed by atoms with Gasteiger partial charge in [0.25, 0.3) is 5.91 Å². The summed E-state index contributed by atoms with van der Waals surface area (Å²) < 4.78 is 0.881. The van der Waals surface area contributed by atoms with E-state index in [1.54, 1.807) is 18.3 Å². The van der Waals surface area contributed by atoms with Crippen LogP contribution >= 0.6 is 27.3 Å². The molecule has 0 bridgehead atoms. The molecule has 88 valence electrons. The summed E-state index contributed by atoms with van der Waals surface area (Å²) >= 11 is 4.66. The molecule has 0 aliphatic carbocycles. The van der Waals surface area contributed by atoms with Crippen molar-refractivity contribution in [2.24, 2.45) is 5.73 Å². The van der Waals surface area contributed by atoms with Gasteiger partial charge in [0, 0.05) is 12.1 Å². The molecule has 4 nitrogen and oxygen atoms in total. The Morgan fingerprint density at radius 1 is 1.41 bits per heavy atom. The maximum atomic E-state index is 11.8. The van der Waals surface area contributed by atoms with Crippen LogP contribution in [0.25, 0.3) is 0 Å². The second kappa shape index (κ2) is 5.39. The van der Waals surface area contributed by atoms with Gasteiger partial charge in [-0.3, -0.25) is 10.1 Å². The highest BCUT2D eigenvalue weighted by Crippen LogP contribution is 2.23. The molecule has 17 heavy (non-hydrogen) atoms. The molecule has 0 saturated carbocycles.